The molecule has 1 N–H and O–H groups in total. The lowest BCUT2D eigenvalue weighted by Gasteiger charge is -2.28. The molecule has 2 aromatic carbocycles. The minimum absolute atomic E-state index is 0.0217. The van der Waals surface area contributed by atoms with Crippen molar-refractivity contribution in [3.8, 4) is 5.69 Å². The summed E-state index contributed by atoms with van der Waals surface area (Å²) in [5, 5.41) is 2.99. The third-order valence-corrected chi connectivity index (χ3v) is 5.73. The van der Waals surface area contributed by atoms with Crippen LogP contribution in [0.1, 0.15) is 18.5 Å². The zero-order valence-electron chi connectivity index (χ0n) is 15.4. The Morgan fingerprint density at radius 1 is 1.21 bits per heavy atom. The van der Waals surface area contributed by atoms with Crippen LogP contribution in [0.4, 0.5) is 5.69 Å². The van der Waals surface area contributed by atoms with Crippen molar-refractivity contribution < 1.29 is 9.59 Å². The topological polar surface area (TPSA) is 67.2 Å². The molecule has 0 saturated heterocycles. The van der Waals surface area contributed by atoms with Crippen molar-refractivity contribution in [2.45, 2.75) is 17.9 Å². The van der Waals surface area contributed by atoms with Crippen molar-refractivity contribution in [3.05, 3.63) is 72.8 Å². The van der Waals surface area contributed by atoms with Gasteiger partial charge in [-0.25, -0.2) is 4.98 Å². The molecular weight excluding hydrogens is 372 g/mol. The second-order valence-corrected chi connectivity index (χ2v) is 7.60. The first kappa shape index (κ1) is 18.3. The summed E-state index contributed by atoms with van der Waals surface area (Å²) in [6, 6.07) is 15.5. The Kier molecular flexibility index (Phi) is 5.16. The number of imidazole rings is 1. The summed E-state index contributed by atoms with van der Waals surface area (Å²) < 4.78 is 1.92. The molecule has 0 fully saturated rings. The maximum Gasteiger partial charge on any atom is 0.240 e. The van der Waals surface area contributed by atoms with Crippen LogP contribution >= 0.6 is 11.8 Å². The SMILES string of the molecule is CC(NC(=O)CN1C(=O)CSc2ccccc21)c1ccc(-n2ccnc2)cc1. The van der Waals surface area contributed by atoms with Gasteiger partial charge in [-0.1, -0.05) is 24.3 Å². The van der Waals surface area contributed by atoms with E-state index in [-0.39, 0.29) is 24.4 Å². The van der Waals surface area contributed by atoms with Crippen LogP contribution in [0.25, 0.3) is 5.69 Å². The van der Waals surface area contributed by atoms with Gasteiger partial charge in [0.05, 0.1) is 23.8 Å². The van der Waals surface area contributed by atoms with Crippen LogP contribution in [0.5, 0.6) is 0 Å². The molecule has 0 bridgehead atoms. The van der Waals surface area contributed by atoms with E-state index >= 15 is 0 Å². The second-order valence-electron chi connectivity index (χ2n) is 6.59. The number of carbonyl (C=O) groups is 2. The molecule has 142 valence electrons. The molecule has 0 spiro atoms. The van der Waals surface area contributed by atoms with Gasteiger partial charge in [-0.15, -0.1) is 11.8 Å². The van der Waals surface area contributed by atoms with Gasteiger partial charge in [0.2, 0.25) is 11.8 Å². The predicted octanol–water partition coefficient (Wildman–Crippen LogP) is 3.19. The van der Waals surface area contributed by atoms with Gasteiger partial charge < -0.3 is 14.8 Å². The van der Waals surface area contributed by atoms with E-state index in [1.807, 2.05) is 66.2 Å². The minimum atomic E-state index is -0.179. The summed E-state index contributed by atoms with van der Waals surface area (Å²) in [5.74, 6) is 0.132. The van der Waals surface area contributed by atoms with Crippen molar-refractivity contribution in [1.82, 2.24) is 14.9 Å². The van der Waals surface area contributed by atoms with E-state index in [0.29, 0.717) is 5.75 Å². The Morgan fingerprint density at radius 3 is 2.75 bits per heavy atom. The fraction of sp³-hybridized carbons (Fsp3) is 0.190. The number of thioether (sulfide) groups is 1. The molecule has 0 saturated carbocycles. The van der Waals surface area contributed by atoms with Gasteiger partial charge in [0.15, 0.2) is 0 Å². The first-order valence-corrected chi connectivity index (χ1v) is 10.0. The quantitative estimate of drug-likeness (QED) is 0.724. The molecule has 6 nitrogen and oxygen atoms in total. The first-order chi connectivity index (χ1) is 13.6. The summed E-state index contributed by atoms with van der Waals surface area (Å²) in [4.78, 5) is 31.5. The standard InChI is InChI=1S/C21H20N4O2S/c1-15(16-6-8-17(9-7-16)24-11-10-22-14-24)23-20(26)12-25-18-4-2-3-5-19(18)28-13-21(25)27/h2-11,14-15H,12-13H2,1H3,(H,23,26). The number of amides is 2. The van der Waals surface area contributed by atoms with Gasteiger partial charge in [-0.05, 0) is 36.8 Å². The molecule has 1 aromatic heterocycles. The number of anilines is 1. The van der Waals surface area contributed by atoms with E-state index in [4.69, 9.17) is 0 Å². The average Bonchev–Trinajstić information content (AvgIpc) is 3.25. The summed E-state index contributed by atoms with van der Waals surface area (Å²) in [5.41, 5.74) is 2.81. The van der Waals surface area contributed by atoms with Crippen LogP contribution in [0.3, 0.4) is 0 Å². The van der Waals surface area contributed by atoms with Gasteiger partial charge in [0, 0.05) is 23.0 Å². The largest absolute Gasteiger partial charge is 0.348 e. The third kappa shape index (κ3) is 3.80. The highest BCUT2D eigenvalue weighted by atomic mass is 32.2. The number of carbonyl (C=O) groups excluding carboxylic acids is 2. The maximum absolute atomic E-state index is 12.6. The number of benzene rings is 2. The molecule has 7 heteroatoms. The molecule has 0 aliphatic carbocycles. The van der Waals surface area contributed by atoms with E-state index in [1.165, 1.54) is 11.8 Å². The second kappa shape index (κ2) is 7.90. The van der Waals surface area contributed by atoms with Crippen molar-refractivity contribution in [2.24, 2.45) is 0 Å². The van der Waals surface area contributed by atoms with E-state index in [0.717, 1.165) is 21.8 Å². The monoisotopic (exact) mass is 392 g/mol. The fourth-order valence-corrected chi connectivity index (χ4v) is 4.12. The average molecular weight is 392 g/mol. The van der Waals surface area contributed by atoms with E-state index < -0.39 is 0 Å². The lowest BCUT2D eigenvalue weighted by atomic mass is 10.1. The molecule has 28 heavy (non-hydrogen) atoms. The third-order valence-electron chi connectivity index (χ3n) is 4.68. The Balaban J connectivity index is 1.42. The van der Waals surface area contributed by atoms with Gasteiger partial charge >= 0.3 is 0 Å². The molecule has 4 rings (SSSR count). The maximum atomic E-state index is 12.6. The highest BCUT2D eigenvalue weighted by Gasteiger charge is 2.26. The van der Waals surface area contributed by atoms with Crippen molar-refractivity contribution >= 4 is 29.3 Å². The van der Waals surface area contributed by atoms with Crippen molar-refractivity contribution in [3.63, 3.8) is 0 Å². The summed E-state index contributed by atoms with van der Waals surface area (Å²) in [6.45, 7) is 1.96. The highest BCUT2D eigenvalue weighted by molar-refractivity contribution is 8.00. The van der Waals surface area contributed by atoms with Crippen LogP contribution in [-0.4, -0.2) is 33.7 Å². The van der Waals surface area contributed by atoms with Gasteiger partial charge in [0.25, 0.3) is 0 Å². The lowest BCUT2D eigenvalue weighted by molar-refractivity contribution is -0.123. The van der Waals surface area contributed by atoms with E-state index in [2.05, 4.69) is 10.3 Å². The predicted molar refractivity (Wildman–Crippen MR) is 110 cm³/mol. The molecular formula is C21H20N4O2S. The summed E-state index contributed by atoms with van der Waals surface area (Å²) in [6.07, 6.45) is 5.35. The molecule has 3 aromatic rings. The fourth-order valence-electron chi connectivity index (χ4n) is 3.19. The van der Waals surface area contributed by atoms with Gasteiger partial charge in [0.1, 0.15) is 6.54 Å². The molecule has 0 radical (unpaired) electrons. The van der Waals surface area contributed by atoms with Crippen molar-refractivity contribution in [1.29, 1.82) is 0 Å². The Labute approximate surface area is 167 Å². The van der Waals surface area contributed by atoms with E-state index in [1.54, 1.807) is 17.4 Å². The Morgan fingerprint density at radius 2 is 2.00 bits per heavy atom. The van der Waals surface area contributed by atoms with Gasteiger partial charge in [-0.3, -0.25) is 9.59 Å². The highest BCUT2D eigenvalue weighted by Crippen LogP contribution is 2.34. The van der Waals surface area contributed by atoms with Crippen LogP contribution in [-0.2, 0) is 9.59 Å². The molecule has 1 atom stereocenters. The molecule has 1 aliphatic heterocycles. The molecule has 2 heterocycles. The number of hydrogen-bond donors (Lipinski definition) is 1. The Hall–Kier alpha value is -3.06. The number of rotatable bonds is 5. The molecule has 2 amide bonds. The normalized spacial score (nSPS) is 14.5. The zero-order valence-corrected chi connectivity index (χ0v) is 16.2. The number of nitrogens with one attached hydrogen (secondary N) is 1. The number of para-hydroxylation sites is 1. The number of aromatic nitrogens is 2. The summed E-state index contributed by atoms with van der Waals surface area (Å²) >= 11 is 1.51. The zero-order chi connectivity index (χ0) is 19.5. The van der Waals surface area contributed by atoms with Gasteiger partial charge in [-0.2, -0.15) is 0 Å². The number of fused-ring (bicyclic) bond motifs is 1. The van der Waals surface area contributed by atoms with Crippen LogP contribution in [0, 0.1) is 0 Å². The smallest absolute Gasteiger partial charge is 0.240 e. The van der Waals surface area contributed by atoms with E-state index in [9.17, 15) is 9.59 Å². The lowest BCUT2D eigenvalue weighted by Crippen LogP contribution is -2.43. The molecule has 1 unspecified atom stereocenters. The first-order valence-electron chi connectivity index (χ1n) is 9.01. The Bertz CT molecular complexity index is 986. The van der Waals surface area contributed by atoms with Crippen LogP contribution in [0.15, 0.2) is 72.1 Å². The summed E-state index contributed by atoms with van der Waals surface area (Å²) in [7, 11) is 0. The molecule has 1 aliphatic rings. The van der Waals surface area contributed by atoms with Crippen LogP contribution in [0.2, 0.25) is 0 Å². The van der Waals surface area contributed by atoms with Crippen molar-refractivity contribution in [2.75, 3.05) is 17.2 Å². The number of nitrogens with zero attached hydrogens (tertiary/aromatic N) is 3. The minimum Gasteiger partial charge on any atom is -0.348 e. The number of hydrogen-bond acceptors (Lipinski definition) is 4. The van der Waals surface area contributed by atoms with Crippen LogP contribution < -0.4 is 10.2 Å².